The van der Waals surface area contributed by atoms with Crippen LogP contribution in [-0.4, -0.2) is 34.8 Å². The number of rotatable bonds is 2. The highest BCUT2D eigenvalue weighted by Crippen LogP contribution is 2.34. The van der Waals surface area contributed by atoms with Gasteiger partial charge in [-0.15, -0.1) is 0 Å². The smallest absolute Gasteiger partial charge is 0.160 e. The molecule has 2 fully saturated rings. The van der Waals surface area contributed by atoms with Gasteiger partial charge in [-0.05, 0) is 54.8 Å². The molecule has 4 nitrogen and oxygen atoms in total. The summed E-state index contributed by atoms with van der Waals surface area (Å²) in [6.45, 7) is 3.50. The zero-order valence-corrected chi connectivity index (χ0v) is 11.1. The van der Waals surface area contributed by atoms with Gasteiger partial charge in [0.25, 0.3) is 0 Å². The van der Waals surface area contributed by atoms with Crippen molar-refractivity contribution in [2.24, 2.45) is 5.92 Å². The Morgan fingerprint density at radius 1 is 1.30 bits per heavy atom. The van der Waals surface area contributed by atoms with Crippen LogP contribution in [0.4, 0.5) is 0 Å². The van der Waals surface area contributed by atoms with Gasteiger partial charge >= 0.3 is 0 Å². The average molecular weight is 268 g/mol. The zero-order chi connectivity index (χ0) is 13.5. The lowest BCUT2D eigenvalue weighted by Gasteiger charge is -2.13. The minimum absolute atomic E-state index is 0.260. The van der Waals surface area contributed by atoms with Gasteiger partial charge in [0, 0.05) is 24.7 Å². The van der Waals surface area contributed by atoms with Crippen molar-refractivity contribution in [3.63, 3.8) is 0 Å². The molecule has 2 aliphatic rings. The van der Waals surface area contributed by atoms with E-state index in [0.29, 0.717) is 5.92 Å². The molecular weight excluding hydrogens is 252 g/mol. The summed E-state index contributed by atoms with van der Waals surface area (Å²) in [6.07, 6.45) is 3.41. The first-order valence-corrected chi connectivity index (χ1v) is 6.97. The van der Waals surface area contributed by atoms with Crippen LogP contribution in [0.2, 0.25) is 0 Å². The van der Waals surface area contributed by atoms with Crippen molar-refractivity contribution in [2.75, 3.05) is 19.6 Å². The van der Waals surface area contributed by atoms with Gasteiger partial charge < -0.3 is 9.63 Å². The fraction of sp³-hybridized carbons (Fsp3) is 0.312. The number of aromatic hydroxyl groups is 1. The number of hydrogen-bond acceptors (Lipinski definition) is 4. The first-order chi connectivity index (χ1) is 9.78. The molecule has 0 saturated carbocycles. The van der Waals surface area contributed by atoms with Gasteiger partial charge in [0.1, 0.15) is 11.4 Å². The number of fused-ring (bicyclic) bond motifs is 2. The molecule has 2 aliphatic heterocycles. The molecule has 1 aromatic heterocycles. The Labute approximate surface area is 117 Å². The number of benzene rings is 1. The van der Waals surface area contributed by atoms with Crippen molar-refractivity contribution in [3.8, 4) is 17.0 Å². The molecule has 102 valence electrons. The van der Waals surface area contributed by atoms with Crippen molar-refractivity contribution in [1.82, 2.24) is 10.1 Å². The predicted octanol–water partition coefficient (Wildman–Crippen LogP) is 2.77. The third-order valence-corrected chi connectivity index (χ3v) is 4.22. The Morgan fingerprint density at radius 3 is 2.85 bits per heavy atom. The lowest BCUT2D eigenvalue weighted by Crippen LogP contribution is -2.17. The van der Waals surface area contributed by atoms with Gasteiger partial charge in [-0.2, -0.15) is 0 Å². The first kappa shape index (κ1) is 11.7. The first-order valence-electron chi connectivity index (χ1n) is 6.97. The van der Waals surface area contributed by atoms with E-state index >= 15 is 0 Å². The van der Waals surface area contributed by atoms with Crippen LogP contribution in [0.5, 0.6) is 5.75 Å². The number of phenols is 1. The summed E-state index contributed by atoms with van der Waals surface area (Å²) in [5.74, 6) is 1.78. The molecule has 2 saturated heterocycles. The van der Waals surface area contributed by atoms with E-state index in [1.165, 1.54) is 25.1 Å². The molecule has 4 heteroatoms. The minimum atomic E-state index is 0.260. The molecule has 2 atom stereocenters. The number of aromatic nitrogens is 1. The molecule has 0 spiro atoms. The molecule has 20 heavy (non-hydrogen) atoms. The molecule has 3 heterocycles. The molecule has 1 aromatic carbocycles. The van der Waals surface area contributed by atoms with Crippen molar-refractivity contribution < 1.29 is 9.63 Å². The molecule has 2 bridgehead atoms. The van der Waals surface area contributed by atoms with E-state index in [1.807, 2.05) is 18.2 Å². The predicted molar refractivity (Wildman–Crippen MR) is 76.1 cm³/mol. The van der Waals surface area contributed by atoms with E-state index in [-0.39, 0.29) is 5.75 Å². The Kier molecular flexibility index (Phi) is 2.63. The Bertz CT molecular complexity index is 657. The summed E-state index contributed by atoms with van der Waals surface area (Å²) < 4.78 is 5.41. The normalized spacial score (nSPS) is 26.5. The van der Waals surface area contributed by atoms with Gasteiger partial charge in [0.2, 0.25) is 0 Å². The molecule has 0 amide bonds. The van der Waals surface area contributed by atoms with E-state index in [9.17, 15) is 5.11 Å². The molecule has 1 N–H and O–H groups in total. The van der Waals surface area contributed by atoms with E-state index in [4.69, 9.17) is 4.52 Å². The summed E-state index contributed by atoms with van der Waals surface area (Å²) >= 11 is 0. The van der Waals surface area contributed by atoms with E-state index in [2.05, 4.69) is 16.1 Å². The highest BCUT2D eigenvalue weighted by Gasteiger charge is 2.33. The summed E-state index contributed by atoms with van der Waals surface area (Å²) in [5, 5.41) is 13.4. The maximum atomic E-state index is 9.30. The molecular formula is C16H16N2O2. The average Bonchev–Trinajstić information content (AvgIpc) is 3.16. The standard InChI is InChI=1S/C16H16N2O2/c19-14-3-1-11(2-4-14)16-8-15(20-17-16)7-13-10-18-6-5-12(13)9-18/h1-4,7-8,12,19H,5-6,9-10H2/b13-7-. The van der Waals surface area contributed by atoms with Crippen LogP contribution in [-0.2, 0) is 0 Å². The second-order valence-corrected chi connectivity index (χ2v) is 5.60. The molecule has 4 rings (SSSR count). The SMILES string of the molecule is Oc1ccc(-c2cc(/C=C3/CN4CCC3C4)on2)cc1. The highest BCUT2D eigenvalue weighted by atomic mass is 16.5. The van der Waals surface area contributed by atoms with Crippen molar-refractivity contribution in [2.45, 2.75) is 6.42 Å². The van der Waals surface area contributed by atoms with Crippen LogP contribution < -0.4 is 0 Å². The number of hydrogen-bond donors (Lipinski definition) is 1. The largest absolute Gasteiger partial charge is 0.508 e. The Balaban J connectivity index is 1.59. The second-order valence-electron chi connectivity index (χ2n) is 5.60. The second kappa shape index (κ2) is 4.49. The van der Waals surface area contributed by atoms with Crippen LogP contribution in [0.1, 0.15) is 12.2 Å². The number of piperidine rings is 1. The molecule has 0 aliphatic carbocycles. The van der Waals surface area contributed by atoms with Gasteiger partial charge in [-0.3, -0.25) is 4.90 Å². The topological polar surface area (TPSA) is 49.5 Å². The Hall–Kier alpha value is -2.07. The van der Waals surface area contributed by atoms with Gasteiger partial charge in [-0.25, -0.2) is 0 Å². The van der Waals surface area contributed by atoms with E-state index < -0.39 is 0 Å². The lowest BCUT2D eigenvalue weighted by atomic mass is 9.98. The van der Waals surface area contributed by atoms with Crippen LogP contribution >= 0.6 is 0 Å². The quantitative estimate of drug-likeness (QED) is 0.910. The van der Waals surface area contributed by atoms with Crippen LogP contribution in [0.15, 0.2) is 40.4 Å². The lowest BCUT2D eigenvalue weighted by molar-refractivity contribution is 0.391. The molecule has 0 radical (unpaired) electrons. The number of phenolic OH excluding ortho intramolecular Hbond substituents is 1. The van der Waals surface area contributed by atoms with Crippen molar-refractivity contribution >= 4 is 6.08 Å². The summed E-state index contributed by atoms with van der Waals surface area (Å²) in [4.78, 5) is 2.48. The highest BCUT2D eigenvalue weighted by molar-refractivity contribution is 5.63. The van der Waals surface area contributed by atoms with Crippen LogP contribution in [0.25, 0.3) is 17.3 Å². The third-order valence-electron chi connectivity index (χ3n) is 4.22. The molecule has 2 unspecified atom stereocenters. The van der Waals surface area contributed by atoms with Gasteiger partial charge in [-0.1, -0.05) is 5.16 Å². The van der Waals surface area contributed by atoms with Gasteiger partial charge in [0.15, 0.2) is 5.76 Å². The Morgan fingerprint density at radius 2 is 2.15 bits per heavy atom. The monoisotopic (exact) mass is 268 g/mol. The fourth-order valence-corrected chi connectivity index (χ4v) is 3.14. The number of nitrogens with zero attached hydrogens (tertiary/aromatic N) is 2. The van der Waals surface area contributed by atoms with Gasteiger partial charge in [0.05, 0.1) is 0 Å². The maximum Gasteiger partial charge on any atom is 0.160 e. The summed E-state index contributed by atoms with van der Waals surface area (Å²) in [7, 11) is 0. The zero-order valence-electron chi connectivity index (χ0n) is 11.1. The third kappa shape index (κ3) is 2.02. The maximum absolute atomic E-state index is 9.30. The van der Waals surface area contributed by atoms with Crippen molar-refractivity contribution in [3.05, 3.63) is 41.7 Å². The van der Waals surface area contributed by atoms with Crippen molar-refractivity contribution in [1.29, 1.82) is 0 Å². The summed E-state index contributed by atoms with van der Waals surface area (Å²) in [5.41, 5.74) is 3.22. The van der Waals surface area contributed by atoms with E-state index in [1.54, 1.807) is 12.1 Å². The van der Waals surface area contributed by atoms with E-state index in [0.717, 1.165) is 23.6 Å². The summed E-state index contributed by atoms with van der Waals surface area (Å²) in [6, 6.07) is 8.96. The minimum Gasteiger partial charge on any atom is -0.508 e. The van der Waals surface area contributed by atoms with Crippen LogP contribution in [0, 0.1) is 5.92 Å². The van der Waals surface area contributed by atoms with Crippen LogP contribution in [0.3, 0.4) is 0 Å². The fourth-order valence-electron chi connectivity index (χ4n) is 3.14. The molecule has 2 aromatic rings.